The molecule has 0 aromatic rings. The molecule has 0 radical (unpaired) electrons. The van der Waals surface area contributed by atoms with Crippen molar-refractivity contribution < 1.29 is 14.3 Å². The van der Waals surface area contributed by atoms with Crippen LogP contribution in [0.5, 0.6) is 0 Å². The Morgan fingerprint density at radius 3 is 1.93 bits per heavy atom. The van der Waals surface area contributed by atoms with Crippen LogP contribution in [0.4, 0.5) is 0 Å². The number of hydrogen-bond acceptors (Lipinski definition) is 3. The molecule has 0 N–H and O–H groups in total. The van der Waals surface area contributed by atoms with Gasteiger partial charge in [-0.1, -0.05) is 34.6 Å². The zero-order chi connectivity index (χ0) is 12.2. The van der Waals surface area contributed by atoms with Gasteiger partial charge in [0.25, 0.3) is 0 Å². The highest BCUT2D eigenvalue weighted by Crippen LogP contribution is 2.31. The van der Waals surface area contributed by atoms with Gasteiger partial charge in [-0.25, -0.2) is 0 Å². The van der Waals surface area contributed by atoms with E-state index in [0.29, 0.717) is 0 Å². The minimum atomic E-state index is -0.316. The molecule has 0 bridgehead atoms. The maximum Gasteiger partial charge on any atom is 0.306 e. The molecule has 0 unspecified atom stereocenters. The molecule has 0 aromatic heterocycles. The Labute approximate surface area is 92.2 Å². The van der Waals surface area contributed by atoms with Gasteiger partial charge in [-0.15, -0.1) is 0 Å². The van der Waals surface area contributed by atoms with E-state index >= 15 is 0 Å². The van der Waals surface area contributed by atoms with Crippen molar-refractivity contribution in [3.63, 3.8) is 0 Å². The molecule has 15 heavy (non-hydrogen) atoms. The minimum Gasteiger partial charge on any atom is -0.469 e. The van der Waals surface area contributed by atoms with E-state index in [4.69, 9.17) is 0 Å². The van der Waals surface area contributed by atoms with Gasteiger partial charge in [0, 0.05) is 11.8 Å². The first-order valence-corrected chi connectivity index (χ1v) is 5.30. The van der Waals surface area contributed by atoms with Crippen LogP contribution in [0.3, 0.4) is 0 Å². The van der Waals surface area contributed by atoms with Crippen molar-refractivity contribution >= 4 is 11.8 Å². The predicted molar refractivity (Wildman–Crippen MR) is 59.4 cm³/mol. The molecule has 0 aromatic carbocycles. The molecule has 0 rings (SSSR count). The first-order chi connectivity index (χ1) is 6.70. The Hall–Kier alpha value is -0.860. The van der Waals surface area contributed by atoms with E-state index in [9.17, 15) is 9.59 Å². The number of ether oxygens (including phenoxy) is 1. The third-order valence-corrected chi connectivity index (χ3v) is 2.56. The number of carbonyl (C=O) groups is 2. The van der Waals surface area contributed by atoms with Gasteiger partial charge in [0.2, 0.25) is 0 Å². The van der Waals surface area contributed by atoms with Crippen LogP contribution in [0, 0.1) is 17.3 Å². The van der Waals surface area contributed by atoms with Crippen LogP contribution in [-0.4, -0.2) is 18.9 Å². The topological polar surface area (TPSA) is 43.4 Å². The summed E-state index contributed by atoms with van der Waals surface area (Å²) < 4.78 is 4.61. The summed E-state index contributed by atoms with van der Waals surface area (Å²) in [7, 11) is 1.35. The number of hydrogen-bond donors (Lipinski definition) is 0. The SMILES string of the molecule is COC(=O)C[C@H](C(=O)C(C)C)C(C)(C)C. The number of esters is 1. The van der Waals surface area contributed by atoms with E-state index in [2.05, 4.69) is 4.74 Å². The van der Waals surface area contributed by atoms with Crippen molar-refractivity contribution in [2.24, 2.45) is 17.3 Å². The largest absolute Gasteiger partial charge is 0.469 e. The van der Waals surface area contributed by atoms with Crippen LogP contribution in [0.1, 0.15) is 41.0 Å². The van der Waals surface area contributed by atoms with Gasteiger partial charge < -0.3 is 4.74 Å². The molecule has 3 nitrogen and oxygen atoms in total. The van der Waals surface area contributed by atoms with Gasteiger partial charge >= 0.3 is 5.97 Å². The highest BCUT2D eigenvalue weighted by Gasteiger charge is 2.34. The van der Waals surface area contributed by atoms with Crippen molar-refractivity contribution in [1.29, 1.82) is 0 Å². The Morgan fingerprint density at radius 2 is 1.67 bits per heavy atom. The van der Waals surface area contributed by atoms with Crippen molar-refractivity contribution in [3.8, 4) is 0 Å². The fourth-order valence-corrected chi connectivity index (χ4v) is 1.49. The quantitative estimate of drug-likeness (QED) is 0.675. The second kappa shape index (κ2) is 5.29. The van der Waals surface area contributed by atoms with E-state index in [1.54, 1.807) is 0 Å². The molecule has 0 spiro atoms. The molecule has 0 aliphatic carbocycles. The Kier molecular flexibility index (Phi) is 4.98. The second-order valence-electron chi connectivity index (χ2n) is 5.26. The molecule has 0 saturated carbocycles. The van der Waals surface area contributed by atoms with Crippen molar-refractivity contribution in [2.75, 3.05) is 7.11 Å². The Balaban J connectivity index is 4.75. The van der Waals surface area contributed by atoms with Crippen LogP contribution >= 0.6 is 0 Å². The molecule has 0 amide bonds. The van der Waals surface area contributed by atoms with Crippen molar-refractivity contribution in [2.45, 2.75) is 41.0 Å². The van der Waals surface area contributed by atoms with E-state index in [-0.39, 0.29) is 35.4 Å². The predicted octanol–water partition coefficient (Wildman–Crippen LogP) is 2.44. The maximum absolute atomic E-state index is 11.9. The van der Waals surface area contributed by atoms with Crippen LogP contribution in [-0.2, 0) is 14.3 Å². The second-order valence-corrected chi connectivity index (χ2v) is 5.26. The molecule has 0 saturated heterocycles. The van der Waals surface area contributed by atoms with E-state index in [1.807, 2.05) is 34.6 Å². The fourth-order valence-electron chi connectivity index (χ4n) is 1.49. The van der Waals surface area contributed by atoms with Gasteiger partial charge in [-0.05, 0) is 5.41 Å². The summed E-state index contributed by atoms with van der Waals surface area (Å²) in [6.07, 6.45) is 0.178. The normalized spacial score (nSPS) is 13.8. The van der Waals surface area contributed by atoms with Gasteiger partial charge in [0.05, 0.1) is 13.5 Å². The standard InChI is InChI=1S/C12H22O3/c1-8(2)11(14)9(12(3,4)5)7-10(13)15-6/h8-9H,7H2,1-6H3/t9-/m1/s1. The van der Waals surface area contributed by atoms with Gasteiger partial charge in [0.1, 0.15) is 5.78 Å². The molecule has 1 atom stereocenters. The summed E-state index contributed by atoms with van der Waals surface area (Å²) in [6.45, 7) is 9.64. The first kappa shape index (κ1) is 14.1. The average Bonchev–Trinajstić information content (AvgIpc) is 2.10. The van der Waals surface area contributed by atoms with E-state index in [0.717, 1.165) is 0 Å². The van der Waals surface area contributed by atoms with E-state index in [1.165, 1.54) is 7.11 Å². The lowest BCUT2D eigenvalue weighted by Crippen LogP contribution is -2.33. The van der Waals surface area contributed by atoms with Crippen molar-refractivity contribution in [1.82, 2.24) is 0 Å². The molecule has 0 fully saturated rings. The molecule has 3 heteroatoms. The third-order valence-electron chi connectivity index (χ3n) is 2.56. The number of carbonyl (C=O) groups excluding carboxylic acids is 2. The number of methoxy groups -OCH3 is 1. The van der Waals surface area contributed by atoms with Crippen LogP contribution in [0.2, 0.25) is 0 Å². The summed E-state index contributed by atoms with van der Waals surface area (Å²) in [5.74, 6) is -0.486. The molecule has 0 aliphatic rings. The zero-order valence-corrected chi connectivity index (χ0v) is 10.6. The molecule has 0 heterocycles. The Bertz CT molecular complexity index is 236. The summed E-state index contributed by atoms with van der Waals surface area (Å²) in [4.78, 5) is 23.2. The number of Topliss-reactive ketones (excluding diaryl/α,β-unsaturated/α-hetero) is 1. The molecular weight excluding hydrogens is 192 g/mol. The van der Waals surface area contributed by atoms with Crippen LogP contribution < -0.4 is 0 Å². The summed E-state index contributed by atoms with van der Waals surface area (Å²) in [6, 6.07) is 0. The maximum atomic E-state index is 11.9. The first-order valence-electron chi connectivity index (χ1n) is 5.30. The van der Waals surface area contributed by atoms with Gasteiger partial charge in [0.15, 0.2) is 0 Å². The molecule has 0 aliphatic heterocycles. The Morgan fingerprint density at radius 1 is 1.20 bits per heavy atom. The highest BCUT2D eigenvalue weighted by atomic mass is 16.5. The summed E-state index contributed by atoms with van der Waals surface area (Å²) in [5.41, 5.74) is -0.199. The summed E-state index contributed by atoms with van der Waals surface area (Å²) >= 11 is 0. The molecular formula is C12H22O3. The summed E-state index contributed by atoms with van der Waals surface area (Å²) in [5, 5.41) is 0. The number of ketones is 1. The molecule has 88 valence electrons. The van der Waals surface area contributed by atoms with Crippen LogP contribution in [0.25, 0.3) is 0 Å². The van der Waals surface area contributed by atoms with E-state index < -0.39 is 0 Å². The third kappa shape index (κ3) is 4.45. The lowest BCUT2D eigenvalue weighted by molar-refractivity contribution is -0.146. The smallest absolute Gasteiger partial charge is 0.306 e. The average molecular weight is 214 g/mol. The lowest BCUT2D eigenvalue weighted by atomic mass is 9.74. The lowest BCUT2D eigenvalue weighted by Gasteiger charge is -2.29. The fraction of sp³-hybridized carbons (Fsp3) is 0.833. The van der Waals surface area contributed by atoms with Crippen molar-refractivity contribution in [3.05, 3.63) is 0 Å². The zero-order valence-electron chi connectivity index (χ0n) is 10.6. The number of rotatable bonds is 4. The monoisotopic (exact) mass is 214 g/mol. The highest BCUT2D eigenvalue weighted by molar-refractivity contribution is 5.87. The van der Waals surface area contributed by atoms with Gasteiger partial charge in [-0.3, -0.25) is 9.59 Å². The van der Waals surface area contributed by atoms with Gasteiger partial charge in [-0.2, -0.15) is 0 Å². The minimum absolute atomic E-state index is 0.0427. The van der Waals surface area contributed by atoms with Crippen LogP contribution in [0.15, 0.2) is 0 Å².